The molecular formula is C17H16ClN3O2S. The number of halogens is 1. The zero-order chi connectivity index (χ0) is 16.9. The van der Waals surface area contributed by atoms with Crippen LogP contribution in [0, 0.1) is 0 Å². The number of fused-ring (bicyclic) bond motifs is 1. The maximum Gasteiger partial charge on any atom is 0.321 e. The van der Waals surface area contributed by atoms with Gasteiger partial charge in [0.2, 0.25) is 0 Å². The van der Waals surface area contributed by atoms with Crippen LogP contribution in [0.2, 0.25) is 5.02 Å². The Balaban J connectivity index is 1.62. The SMILES string of the molecule is COc1ccc(Cl)c2sc(NC(=O)NCCc3ccccc3)nc12. The van der Waals surface area contributed by atoms with Crippen LogP contribution in [-0.4, -0.2) is 24.7 Å². The van der Waals surface area contributed by atoms with Gasteiger partial charge in [0, 0.05) is 6.54 Å². The van der Waals surface area contributed by atoms with Gasteiger partial charge < -0.3 is 10.1 Å². The van der Waals surface area contributed by atoms with Gasteiger partial charge in [-0.2, -0.15) is 0 Å². The molecular weight excluding hydrogens is 346 g/mol. The minimum absolute atomic E-state index is 0.292. The topological polar surface area (TPSA) is 63.2 Å². The Kier molecular flexibility index (Phi) is 5.17. The lowest BCUT2D eigenvalue weighted by atomic mass is 10.1. The number of anilines is 1. The summed E-state index contributed by atoms with van der Waals surface area (Å²) in [7, 11) is 1.57. The lowest BCUT2D eigenvalue weighted by molar-refractivity contribution is 0.252. The fourth-order valence-electron chi connectivity index (χ4n) is 2.28. The first-order valence-electron chi connectivity index (χ1n) is 7.39. The molecule has 24 heavy (non-hydrogen) atoms. The number of hydrogen-bond donors (Lipinski definition) is 2. The number of thiazole rings is 1. The predicted octanol–water partition coefficient (Wildman–Crippen LogP) is 4.32. The molecule has 0 atom stereocenters. The number of methoxy groups -OCH3 is 1. The third-order valence-electron chi connectivity index (χ3n) is 3.44. The van der Waals surface area contributed by atoms with Crippen molar-refractivity contribution in [1.29, 1.82) is 0 Å². The van der Waals surface area contributed by atoms with Crippen LogP contribution in [0.4, 0.5) is 9.93 Å². The second-order valence-corrected chi connectivity index (χ2v) is 6.47. The fraction of sp³-hybridized carbons (Fsp3) is 0.176. The first kappa shape index (κ1) is 16.5. The molecule has 3 rings (SSSR count). The third-order valence-corrected chi connectivity index (χ3v) is 4.87. The number of hydrogen-bond acceptors (Lipinski definition) is 4. The van der Waals surface area contributed by atoms with E-state index in [1.54, 1.807) is 19.2 Å². The maximum absolute atomic E-state index is 12.0. The van der Waals surface area contributed by atoms with Crippen LogP contribution >= 0.6 is 22.9 Å². The lowest BCUT2D eigenvalue weighted by Crippen LogP contribution is -2.30. The minimum atomic E-state index is -0.292. The van der Waals surface area contributed by atoms with E-state index in [4.69, 9.17) is 16.3 Å². The van der Waals surface area contributed by atoms with Crippen molar-refractivity contribution in [3.05, 3.63) is 53.1 Å². The van der Waals surface area contributed by atoms with Gasteiger partial charge >= 0.3 is 6.03 Å². The molecule has 0 spiro atoms. The number of benzene rings is 2. The van der Waals surface area contributed by atoms with Gasteiger partial charge in [0.15, 0.2) is 5.13 Å². The Hall–Kier alpha value is -2.31. The van der Waals surface area contributed by atoms with Gasteiger partial charge in [-0.25, -0.2) is 9.78 Å². The van der Waals surface area contributed by atoms with Gasteiger partial charge in [0.25, 0.3) is 0 Å². The summed E-state index contributed by atoms with van der Waals surface area (Å²) in [5.74, 6) is 0.628. The molecule has 7 heteroatoms. The van der Waals surface area contributed by atoms with E-state index in [0.717, 1.165) is 11.1 Å². The van der Waals surface area contributed by atoms with Crippen LogP contribution in [0.3, 0.4) is 0 Å². The molecule has 0 unspecified atom stereocenters. The molecule has 2 amide bonds. The van der Waals surface area contributed by atoms with E-state index in [-0.39, 0.29) is 6.03 Å². The average Bonchev–Trinajstić information content (AvgIpc) is 3.01. The Morgan fingerprint density at radius 2 is 2.04 bits per heavy atom. The largest absolute Gasteiger partial charge is 0.494 e. The zero-order valence-corrected chi connectivity index (χ0v) is 14.6. The van der Waals surface area contributed by atoms with Crippen LogP contribution in [0.15, 0.2) is 42.5 Å². The first-order chi connectivity index (χ1) is 11.7. The van der Waals surface area contributed by atoms with Gasteiger partial charge in [-0.05, 0) is 24.1 Å². The summed E-state index contributed by atoms with van der Waals surface area (Å²) < 4.78 is 6.06. The molecule has 0 aliphatic carbocycles. The van der Waals surface area contributed by atoms with Crippen molar-refractivity contribution in [2.45, 2.75) is 6.42 Å². The number of aromatic nitrogens is 1. The van der Waals surface area contributed by atoms with E-state index < -0.39 is 0 Å². The van der Waals surface area contributed by atoms with Crippen LogP contribution < -0.4 is 15.4 Å². The molecule has 0 saturated heterocycles. The van der Waals surface area contributed by atoms with Crippen LogP contribution in [0.5, 0.6) is 5.75 Å². The Bertz CT molecular complexity index is 852. The Labute approximate surface area is 148 Å². The summed E-state index contributed by atoms with van der Waals surface area (Å²) in [4.78, 5) is 16.4. The second kappa shape index (κ2) is 7.51. The van der Waals surface area contributed by atoms with Gasteiger partial charge in [-0.1, -0.05) is 53.3 Å². The molecule has 3 aromatic rings. The molecule has 2 aromatic carbocycles. The van der Waals surface area contributed by atoms with Crippen molar-refractivity contribution in [2.24, 2.45) is 0 Å². The number of amides is 2. The van der Waals surface area contributed by atoms with Crippen molar-refractivity contribution >= 4 is 44.3 Å². The quantitative estimate of drug-likeness (QED) is 0.711. The molecule has 0 fully saturated rings. The summed E-state index contributed by atoms with van der Waals surface area (Å²) in [6.07, 6.45) is 0.772. The number of carbonyl (C=O) groups is 1. The monoisotopic (exact) mass is 361 g/mol. The fourth-order valence-corrected chi connectivity index (χ4v) is 3.43. The summed E-state index contributed by atoms with van der Waals surface area (Å²) in [5, 5.41) is 6.62. The summed E-state index contributed by atoms with van der Waals surface area (Å²) in [6, 6.07) is 13.2. The highest BCUT2D eigenvalue weighted by Gasteiger charge is 2.13. The molecule has 0 bridgehead atoms. The molecule has 1 heterocycles. The van der Waals surface area contributed by atoms with Crippen molar-refractivity contribution in [3.8, 4) is 5.75 Å². The summed E-state index contributed by atoms with van der Waals surface area (Å²) >= 11 is 7.49. The number of urea groups is 1. The number of nitrogens with one attached hydrogen (secondary N) is 2. The van der Waals surface area contributed by atoms with Crippen LogP contribution in [0.25, 0.3) is 10.2 Å². The Morgan fingerprint density at radius 1 is 1.25 bits per heavy atom. The van der Waals surface area contributed by atoms with Gasteiger partial charge in [0.1, 0.15) is 11.3 Å². The van der Waals surface area contributed by atoms with E-state index in [1.165, 1.54) is 16.9 Å². The smallest absolute Gasteiger partial charge is 0.321 e. The van der Waals surface area contributed by atoms with E-state index in [2.05, 4.69) is 15.6 Å². The number of nitrogens with zero attached hydrogens (tertiary/aromatic N) is 1. The molecule has 0 aliphatic heterocycles. The summed E-state index contributed by atoms with van der Waals surface area (Å²) in [5.41, 5.74) is 1.82. The molecule has 0 aliphatic rings. The van der Waals surface area contributed by atoms with E-state index in [1.807, 2.05) is 30.3 Å². The lowest BCUT2D eigenvalue weighted by Gasteiger charge is -2.05. The highest BCUT2D eigenvalue weighted by Crippen LogP contribution is 2.37. The highest BCUT2D eigenvalue weighted by molar-refractivity contribution is 7.23. The predicted molar refractivity (Wildman–Crippen MR) is 98.3 cm³/mol. The van der Waals surface area contributed by atoms with E-state index in [0.29, 0.717) is 28.0 Å². The average molecular weight is 362 g/mol. The van der Waals surface area contributed by atoms with Crippen LogP contribution in [-0.2, 0) is 6.42 Å². The molecule has 1 aromatic heterocycles. The van der Waals surface area contributed by atoms with Gasteiger partial charge in [-0.3, -0.25) is 5.32 Å². The second-order valence-electron chi connectivity index (χ2n) is 5.06. The van der Waals surface area contributed by atoms with Crippen LogP contribution in [0.1, 0.15) is 5.56 Å². The maximum atomic E-state index is 12.0. The van der Waals surface area contributed by atoms with E-state index >= 15 is 0 Å². The van der Waals surface area contributed by atoms with Crippen molar-refractivity contribution in [3.63, 3.8) is 0 Å². The van der Waals surface area contributed by atoms with E-state index in [9.17, 15) is 4.79 Å². The molecule has 124 valence electrons. The van der Waals surface area contributed by atoms with Gasteiger partial charge in [0.05, 0.1) is 16.8 Å². The number of rotatable bonds is 5. The zero-order valence-electron chi connectivity index (χ0n) is 13.0. The number of carbonyl (C=O) groups excluding carboxylic acids is 1. The van der Waals surface area contributed by atoms with Crippen molar-refractivity contribution < 1.29 is 9.53 Å². The third kappa shape index (κ3) is 3.77. The highest BCUT2D eigenvalue weighted by atomic mass is 35.5. The van der Waals surface area contributed by atoms with Crippen molar-refractivity contribution in [2.75, 3.05) is 19.0 Å². The molecule has 2 N–H and O–H groups in total. The Morgan fingerprint density at radius 3 is 2.79 bits per heavy atom. The molecule has 0 radical (unpaired) electrons. The molecule has 0 saturated carbocycles. The first-order valence-corrected chi connectivity index (χ1v) is 8.58. The van der Waals surface area contributed by atoms with Gasteiger partial charge in [-0.15, -0.1) is 0 Å². The minimum Gasteiger partial charge on any atom is -0.494 e. The normalized spacial score (nSPS) is 10.6. The molecule has 5 nitrogen and oxygen atoms in total. The standard InChI is InChI=1S/C17H16ClN3O2S/c1-23-13-8-7-12(18)15-14(13)20-17(24-15)21-16(22)19-10-9-11-5-3-2-4-6-11/h2-8H,9-10H2,1H3,(H2,19,20,21,22). The van der Waals surface area contributed by atoms with Crippen molar-refractivity contribution in [1.82, 2.24) is 10.3 Å². The summed E-state index contributed by atoms with van der Waals surface area (Å²) in [6.45, 7) is 0.546. The number of ether oxygens (including phenoxy) is 1.